The Hall–Kier alpha value is -2.60. The SMILES string of the molecule is O=C(NCc1ccc2c(c1)OCO2)C1(Cc2ccccc2F)CNC1. The summed E-state index contributed by atoms with van der Waals surface area (Å²) in [5.74, 6) is 1.08. The smallest absolute Gasteiger partial charge is 0.231 e. The summed E-state index contributed by atoms with van der Waals surface area (Å²) in [6.45, 7) is 1.72. The summed E-state index contributed by atoms with van der Waals surface area (Å²) in [7, 11) is 0. The van der Waals surface area contributed by atoms with Gasteiger partial charge in [0.15, 0.2) is 11.5 Å². The molecular formula is C19H19FN2O3. The molecule has 130 valence electrons. The van der Waals surface area contributed by atoms with Crippen LogP contribution in [0.5, 0.6) is 11.5 Å². The second-order valence-electron chi connectivity index (χ2n) is 6.52. The molecule has 2 heterocycles. The lowest BCUT2D eigenvalue weighted by Gasteiger charge is -2.41. The molecule has 0 aliphatic carbocycles. The van der Waals surface area contributed by atoms with E-state index in [0.717, 1.165) is 5.56 Å². The molecule has 1 fully saturated rings. The van der Waals surface area contributed by atoms with Gasteiger partial charge in [-0.3, -0.25) is 4.79 Å². The van der Waals surface area contributed by atoms with Crippen molar-refractivity contribution in [1.29, 1.82) is 0 Å². The highest BCUT2D eigenvalue weighted by molar-refractivity contribution is 5.84. The van der Waals surface area contributed by atoms with Gasteiger partial charge in [-0.2, -0.15) is 0 Å². The third kappa shape index (κ3) is 3.05. The van der Waals surface area contributed by atoms with Gasteiger partial charge in [-0.1, -0.05) is 24.3 Å². The van der Waals surface area contributed by atoms with Crippen LogP contribution in [0.25, 0.3) is 0 Å². The Labute approximate surface area is 145 Å². The van der Waals surface area contributed by atoms with Gasteiger partial charge in [0.25, 0.3) is 0 Å². The van der Waals surface area contributed by atoms with Gasteiger partial charge >= 0.3 is 0 Å². The van der Waals surface area contributed by atoms with Crippen LogP contribution in [0.3, 0.4) is 0 Å². The van der Waals surface area contributed by atoms with Crippen LogP contribution in [-0.2, 0) is 17.8 Å². The Balaban J connectivity index is 1.43. The van der Waals surface area contributed by atoms with Crippen molar-refractivity contribution in [1.82, 2.24) is 10.6 Å². The molecule has 5 nitrogen and oxygen atoms in total. The van der Waals surface area contributed by atoms with Crippen molar-refractivity contribution in [2.24, 2.45) is 5.41 Å². The van der Waals surface area contributed by atoms with E-state index in [9.17, 15) is 9.18 Å². The van der Waals surface area contributed by atoms with Crippen molar-refractivity contribution in [3.05, 3.63) is 59.4 Å². The van der Waals surface area contributed by atoms with E-state index in [0.29, 0.717) is 43.1 Å². The topological polar surface area (TPSA) is 59.6 Å². The van der Waals surface area contributed by atoms with Gasteiger partial charge in [0.05, 0.1) is 5.41 Å². The molecule has 6 heteroatoms. The lowest BCUT2D eigenvalue weighted by molar-refractivity contribution is -0.134. The fourth-order valence-electron chi connectivity index (χ4n) is 3.22. The zero-order chi connectivity index (χ0) is 17.3. The summed E-state index contributed by atoms with van der Waals surface area (Å²) in [4.78, 5) is 12.7. The van der Waals surface area contributed by atoms with E-state index in [1.165, 1.54) is 6.07 Å². The quantitative estimate of drug-likeness (QED) is 0.873. The summed E-state index contributed by atoms with van der Waals surface area (Å²) in [6.07, 6.45) is 0.389. The second kappa shape index (κ2) is 6.37. The number of halogens is 1. The van der Waals surface area contributed by atoms with Crippen LogP contribution in [-0.4, -0.2) is 25.8 Å². The molecule has 0 bridgehead atoms. The minimum Gasteiger partial charge on any atom is -0.454 e. The predicted molar refractivity (Wildman–Crippen MR) is 89.8 cm³/mol. The van der Waals surface area contributed by atoms with Gasteiger partial charge in [0.1, 0.15) is 5.82 Å². The first-order valence-corrected chi connectivity index (χ1v) is 8.27. The maximum absolute atomic E-state index is 13.9. The molecule has 4 rings (SSSR count). The Morgan fingerprint density at radius 1 is 1.16 bits per heavy atom. The molecule has 0 atom stereocenters. The predicted octanol–water partition coefficient (Wildman–Crippen LogP) is 2.00. The van der Waals surface area contributed by atoms with Crippen molar-refractivity contribution in [3.8, 4) is 11.5 Å². The second-order valence-corrected chi connectivity index (χ2v) is 6.52. The minimum absolute atomic E-state index is 0.0628. The van der Waals surface area contributed by atoms with E-state index in [2.05, 4.69) is 10.6 Å². The summed E-state index contributed by atoms with van der Waals surface area (Å²) >= 11 is 0. The minimum atomic E-state index is -0.599. The van der Waals surface area contributed by atoms with Gasteiger partial charge in [0.2, 0.25) is 12.7 Å². The van der Waals surface area contributed by atoms with Gasteiger partial charge in [0, 0.05) is 19.6 Å². The highest BCUT2D eigenvalue weighted by atomic mass is 19.1. The molecule has 2 aromatic rings. The lowest BCUT2D eigenvalue weighted by Crippen LogP contribution is -2.62. The van der Waals surface area contributed by atoms with Crippen LogP contribution in [0.2, 0.25) is 0 Å². The van der Waals surface area contributed by atoms with Crippen molar-refractivity contribution in [2.45, 2.75) is 13.0 Å². The van der Waals surface area contributed by atoms with Crippen LogP contribution >= 0.6 is 0 Å². The number of nitrogens with one attached hydrogen (secondary N) is 2. The highest BCUT2D eigenvalue weighted by Gasteiger charge is 2.44. The number of ether oxygens (including phenoxy) is 2. The number of benzene rings is 2. The number of hydrogen-bond donors (Lipinski definition) is 2. The van der Waals surface area contributed by atoms with Crippen LogP contribution in [0.15, 0.2) is 42.5 Å². The first-order valence-electron chi connectivity index (χ1n) is 8.27. The molecule has 0 unspecified atom stereocenters. The lowest BCUT2D eigenvalue weighted by atomic mass is 9.75. The molecular weight excluding hydrogens is 323 g/mol. The van der Waals surface area contributed by atoms with Crippen molar-refractivity contribution in [2.75, 3.05) is 19.9 Å². The van der Waals surface area contributed by atoms with Crippen molar-refractivity contribution >= 4 is 5.91 Å². The molecule has 25 heavy (non-hydrogen) atoms. The van der Waals surface area contributed by atoms with Crippen LogP contribution in [0, 0.1) is 11.2 Å². The Bertz CT molecular complexity index is 805. The van der Waals surface area contributed by atoms with E-state index in [1.807, 2.05) is 18.2 Å². The molecule has 2 aromatic carbocycles. The Morgan fingerprint density at radius 3 is 2.72 bits per heavy atom. The highest BCUT2D eigenvalue weighted by Crippen LogP contribution is 2.33. The molecule has 0 radical (unpaired) electrons. The Morgan fingerprint density at radius 2 is 1.96 bits per heavy atom. The summed E-state index contributed by atoms with van der Waals surface area (Å²) in [5.41, 5.74) is 0.909. The average molecular weight is 342 g/mol. The number of hydrogen-bond acceptors (Lipinski definition) is 4. The maximum Gasteiger partial charge on any atom is 0.231 e. The van der Waals surface area contributed by atoms with E-state index in [-0.39, 0.29) is 18.5 Å². The molecule has 2 aliphatic rings. The van der Waals surface area contributed by atoms with Gasteiger partial charge in [-0.25, -0.2) is 4.39 Å². The fraction of sp³-hybridized carbons (Fsp3) is 0.316. The fourth-order valence-corrected chi connectivity index (χ4v) is 3.22. The summed E-state index contributed by atoms with van der Waals surface area (Å²) in [5, 5.41) is 6.11. The molecule has 0 aromatic heterocycles. The molecule has 0 saturated carbocycles. The monoisotopic (exact) mass is 342 g/mol. The first kappa shape index (κ1) is 15.9. The largest absolute Gasteiger partial charge is 0.454 e. The van der Waals surface area contributed by atoms with E-state index >= 15 is 0 Å². The number of rotatable bonds is 5. The normalized spacial score (nSPS) is 17.0. The molecule has 1 amide bonds. The average Bonchev–Trinajstić information content (AvgIpc) is 3.05. The number of amides is 1. The van der Waals surface area contributed by atoms with Gasteiger partial charge in [-0.05, 0) is 35.7 Å². The van der Waals surface area contributed by atoms with E-state index in [4.69, 9.17) is 9.47 Å². The van der Waals surface area contributed by atoms with Gasteiger partial charge < -0.3 is 20.1 Å². The summed E-state index contributed by atoms with van der Waals surface area (Å²) < 4.78 is 24.6. The third-order valence-corrected chi connectivity index (χ3v) is 4.79. The number of carbonyl (C=O) groups is 1. The molecule has 0 spiro atoms. The zero-order valence-electron chi connectivity index (χ0n) is 13.7. The molecule has 2 aliphatic heterocycles. The standard InChI is InChI=1S/C19H19FN2O3/c20-15-4-2-1-3-14(15)8-19(10-21-11-19)18(23)22-9-13-5-6-16-17(7-13)25-12-24-16/h1-7,21H,8-12H2,(H,22,23). The van der Waals surface area contributed by atoms with Crippen molar-refractivity contribution in [3.63, 3.8) is 0 Å². The Kier molecular flexibility index (Phi) is 4.05. The number of fused-ring (bicyclic) bond motifs is 1. The van der Waals surface area contributed by atoms with E-state index < -0.39 is 5.41 Å². The van der Waals surface area contributed by atoms with Crippen LogP contribution < -0.4 is 20.1 Å². The van der Waals surface area contributed by atoms with Crippen LogP contribution in [0.4, 0.5) is 4.39 Å². The third-order valence-electron chi connectivity index (χ3n) is 4.79. The van der Waals surface area contributed by atoms with Crippen LogP contribution in [0.1, 0.15) is 11.1 Å². The summed E-state index contributed by atoms with van der Waals surface area (Å²) in [6, 6.07) is 12.2. The first-order chi connectivity index (χ1) is 12.2. The maximum atomic E-state index is 13.9. The molecule has 2 N–H and O–H groups in total. The van der Waals surface area contributed by atoms with Crippen molar-refractivity contribution < 1.29 is 18.7 Å². The van der Waals surface area contributed by atoms with E-state index in [1.54, 1.807) is 18.2 Å². The number of carbonyl (C=O) groups excluding carboxylic acids is 1. The van der Waals surface area contributed by atoms with Gasteiger partial charge in [-0.15, -0.1) is 0 Å². The zero-order valence-corrected chi connectivity index (χ0v) is 13.7. The molecule has 1 saturated heterocycles.